The Morgan fingerprint density at radius 1 is 1.33 bits per heavy atom. The van der Waals surface area contributed by atoms with Gasteiger partial charge < -0.3 is 9.84 Å². The highest BCUT2D eigenvalue weighted by molar-refractivity contribution is 5.66. The minimum atomic E-state index is -0.222. The number of esters is 1. The molecular weight excluding hydrogens is 300 g/mol. The molecule has 4 atom stereocenters. The van der Waals surface area contributed by atoms with Crippen molar-refractivity contribution in [2.45, 2.75) is 72.8 Å². The monoisotopic (exact) mass is 334 g/mol. The number of carbonyl (C=O) groups is 1. The second-order valence-corrected chi connectivity index (χ2v) is 8.80. The summed E-state index contributed by atoms with van der Waals surface area (Å²) in [7, 11) is 0. The van der Waals surface area contributed by atoms with Crippen molar-refractivity contribution in [3.05, 3.63) is 23.8 Å². The number of aliphatic hydroxyl groups excluding tert-OH is 1. The van der Waals surface area contributed by atoms with Crippen LogP contribution in [0.5, 0.6) is 0 Å². The Morgan fingerprint density at radius 3 is 2.58 bits per heavy atom. The fourth-order valence-electron chi connectivity index (χ4n) is 5.43. The van der Waals surface area contributed by atoms with E-state index in [1.807, 2.05) is 6.08 Å². The van der Waals surface area contributed by atoms with Crippen molar-refractivity contribution in [2.75, 3.05) is 6.61 Å². The van der Waals surface area contributed by atoms with Gasteiger partial charge in [0, 0.05) is 6.92 Å². The van der Waals surface area contributed by atoms with Gasteiger partial charge in [-0.15, -0.1) is 0 Å². The summed E-state index contributed by atoms with van der Waals surface area (Å²) in [5.74, 6) is 0.586. The predicted octanol–water partition coefficient (Wildman–Crippen LogP) is 4.66. The molecule has 2 saturated carbocycles. The molecule has 2 rings (SSSR count). The van der Waals surface area contributed by atoms with E-state index in [0.29, 0.717) is 11.8 Å². The highest BCUT2D eigenvalue weighted by atomic mass is 16.5. The maximum absolute atomic E-state index is 11.6. The Bertz CT molecular complexity index is 531. The standard InChI is InChI=1S/C21H34O3/c1-14(8-11-22)12-17-15(2)18(24-16(3)23)13-19-20(4,5)9-7-10-21(17,19)6/h8,17-19,22H,2,7,9-13H2,1,3-6H3/b14-8+/t17-,18+,19-,21+/m0/s1. The van der Waals surface area contributed by atoms with E-state index >= 15 is 0 Å². The van der Waals surface area contributed by atoms with Crippen LogP contribution in [0.2, 0.25) is 0 Å². The molecule has 24 heavy (non-hydrogen) atoms. The van der Waals surface area contributed by atoms with Gasteiger partial charge in [0.2, 0.25) is 0 Å². The van der Waals surface area contributed by atoms with Gasteiger partial charge in [-0.05, 0) is 60.8 Å². The topological polar surface area (TPSA) is 46.5 Å². The lowest BCUT2D eigenvalue weighted by molar-refractivity contribution is -0.153. The van der Waals surface area contributed by atoms with Crippen LogP contribution in [0.3, 0.4) is 0 Å². The summed E-state index contributed by atoms with van der Waals surface area (Å²) < 4.78 is 5.66. The Labute approximate surface area is 147 Å². The fourth-order valence-corrected chi connectivity index (χ4v) is 5.43. The van der Waals surface area contributed by atoms with Crippen molar-refractivity contribution in [1.29, 1.82) is 0 Å². The van der Waals surface area contributed by atoms with Crippen LogP contribution in [0.1, 0.15) is 66.7 Å². The molecule has 0 amide bonds. The Balaban J connectivity index is 2.40. The molecule has 2 aliphatic carbocycles. The Morgan fingerprint density at radius 2 is 2.00 bits per heavy atom. The van der Waals surface area contributed by atoms with E-state index in [2.05, 4.69) is 34.3 Å². The van der Waals surface area contributed by atoms with E-state index in [0.717, 1.165) is 18.4 Å². The lowest BCUT2D eigenvalue weighted by Gasteiger charge is -2.59. The summed E-state index contributed by atoms with van der Waals surface area (Å²) in [6, 6.07) is 0. The zero-order chi connectivity index (χ0) is 18.1. The van der Waals surface area contributed by atoms with Crippen LogP contribution in [0.25, 0.3) is 0 Å². The average molecular weight is 335 g/mol. The van der Waals surface area contributed by atoms with Crippen LogP contribution in [-0.2, 0) is 9.53 Å². The van der Waals surface area contributed by atoms with Crippen LogP contribution in [0, 0.1) is 22.7 Å². The highest BCUT2D eigenvalue weighted by Gasteiger charge is 2.55. The highest BCUT2D eigenvalue weighted by Crippen LogP contribution is 2.62. The van der Waals surface area contributed by atoms with E-state index in [1.165, 1.54) is 31.8 Å². The molecule has 2 fully saturated rings. The van der Waals surface area contributed by atoms with Gasteiger partial charge in [-0.1, -0.05) is 45.4 Å². The fraction of sp³-hybridized carbons (Fsp3) is 0.762. The third-order valence-corrected chi connectivity index (χ3v) is 6.66. The van der Waals surface area contributed by atoms with Crippen molar-refractivity contribution in [3.8, 4) is 0 Å². The number of allylic oxidation sites excluding steroid dienone is 1. The molecule has 2 aliphatic rings. The second kappa shape index (κ2) is 7.03. The number of ether oxygens (including phenoxy) is 1. The summed E-state index contributed by atoms with van der Waals surface area (Å²) >= 11 is 0. The molecule has 0 bridgehead atoms. The number of hydrogen-bond donors (Lipinski definition) is 1. The summed E-state index contributed by atoms with van der Waals surface area (Å²) in [5, 5.41) is 9.21. The lowest BCUT2D eigenvalue weighted by Crippen LogP contribution is -2.53. The molecule has 0 saturated heterocycles. The maximum atomic E-state index is 11.6. The molecule has 0 aliphatic heterocycles. The third kappa shape index (κ3) is 3.61. The summed E-state index contributed by atoms with van der Waals surface area (Å²) in [4.78, 5) is 11.6. The van der Waals surface area contributed by atoms with Crippen LogP contribution < -0.4 is 0 Å². The van der Waals surface area contributed by atoms with Crippen molar-refractivity contribution in [1.82, 2.24) is 0 Å². The zero-order valence-electron chi connectivity index (χ0n) is 16.0. The first-order chi connectivity index (χ1) is 11.1. The first-order valence-corrected chi connectivity index (χ1v) is 9.24. The normalized spacial score (nSPS) is 36.2. The van der Waals surface area contributed by atoms with Crippen LogP contribution in [0.4, 0.5) is 0 Å². The molecule has 0 radical (unpaired) electrons. The van der Waals surface area contributed by atoms with Gasteiger partial charge >= 0.3 is 5.97 Å². The minimum Gasteiger partial charge on any atom is -0.458 e. The maximum Gasteiger partial charge on any atom is 0.303 e. The molecule has 0 heterocycles. The number of hydrogen-bond acceptors (Lipinski definition) is 3. The molecule has 3 heteroatoms. The van der Waals surface area contributed by atoms with E-state index in [9.17, 15) is 9.90 Å². The van der Waals surface area contributed by atoms with Crippen LogP contribution in [0.15, 0.2) is 23.8 Å². The van der Waals surface area contributed by atoms with Gasteiger partial charge in [0.1, 0.15) is 6.10 Å². The van der Waals surface area contributed by atoms with Crippen molar-refractivity contribution >= 4 is 5.97 Å². The molecule has 0 unspecified atom stereocenters. The largest absolute Gasteiger partial charge is 0.458 e. The summed E-state index contributed by atoms with van der Waals surface area (Å²) in [6.07, 6.45) is 7.15. The third-order valence-electron chi connectivity index (χ3n) is 6.66. The second-order valence-electron chi connectivity index (χ2n) is 8.80. The number of rotatable bonds is 4. The van der Waals surface area contributed by atoms with Crippen LogP contribution in [-0.4, -0.2) is 23.8 Å². The number of carbonyl (C=O) groups excluding carboxylic acids is 1. The van der Waals surface area contributed by atoms with Gasteiger partial charge in [-0.25, -0.2) is 0 Å². The lowest BCUT2D eigenvalue weighted by atomic mass is 9.46. The number of aliphatic hydroxyl groups is 1. The van der Waals surface area contributed by atoms with E-state index < -0.39 is 0 Å². The summed E-state index contributed by atoms with van der Waals surface area (Å²) in [6.45, 7) is 15.1. The predicted molar refractivity (Wildman–Crippen MR) is 97.5 cm³/mol. The molecule has 0 spiro atoms. The van der Waals surface area contributed by atoms with E-state index in [-0.39, 0.29) is 29.5 Å². The van der Waals surface area contributed by atoms with Gasteiger partial charge in [0.05, 0.1) is 6.61 Å². The van der Waals surface area contributed by atoms with Crippen LogP contribution >= 0.6 is 0 Å². The van der Waals surface area contributed by atoms with Gasteiger partial charge in [-0.2, -0.15) is 0 Å². The quantitative estimate of drug-likeness (QED) is 0.601. The first-order valence-electron chi connectivity index (χ1n) is 9.24. The summed E-state index contributed by atoms with van der Waals surface area (Å²) in [5.41, 5.74) is 2.68. The van der Waals surface area contributed by atoms with Gasteiger partial charge in [-0.3, -0.25) is 4.79 Å². The van der Waals surface area contributed by atoms with E-state index in [1.54, 1.807) is 0 Å². The molecule has 1 N–H and O–H groups in total. The van der Waals surface area contributed by atoms with Crippen molar-refractivity contribution in [3.63, 3.8) is 0 Å². The molecular formula is C21H34O3. The molecule has 136 valence electrons. The molecule has 3 nitrogen and oxygen atoms in total. The average Bonchev–Trinajstić information content (AvgIpc) is 2.45. The number of fused-ring (bicyclic) bond motifs is 1. The molecule has 0 aromatic heterocycles. The smallest absolute Gasteiger partial charge is 0.303 e. The first kappa shape index (κ1) is 19.2. The Hall–Kier alpha value is -1.09. The minimum absolute atomic E-state index is 0.0735. The van der Waals surface area contributed by atoms with Crippen molar-refractivity contribution in [2.24, 2.45) is 22.7 Å². The molecule has 0 aromatic carbocycles. The van der Waals surface area contributed by atoms with Gasteiger partial charge in [0.25, 0.3) is 0 Å². The van der Waals surface area contributed by atoms with Gasteiger partial charge in [0.15, 0.2) is 0 Å². The molecule has 0 aromatic rings. The van der Waals surface area contributed by atoms with E-state index in [4.69, 9.17) is 4.74 Å². The van der Waals surface area contributed by atoms with Crippen molar-refractivity contribution < 1.29 is 14.6 Å². The SMILES string of the molecule is C=C1[C@H](OC(C)=O)C[C@H]2C(C)(C)CCC[C@]2(C)[C@H]1C/C(C)=C/CO. The zero-order valence-corrected chi connectivity index (χ0v) is 16.0. The Kier molecular flexibility index (Phi) is 5.64.